The highest BCUT2D eigenvalue weighted by Gasteiger charge is 2.47. The molecule has 0 aromatic heterocycles. The molecule has 0 heterocycles. The number of hydrogen-bond donors (Lipinski definition) is 2. The smallest absolute Gasteiger partial charge is 0.395 e. The van der Waals surface area contributed by atoms with E-state index in [1.54, 1.807) is 30.3 Å². The van der Waals surface area contributed by atoms with Crippen molar-refractivity contribution in [2.24, 2.45) is 0 Å². The SMILES string of the molecule is CS(=O)(=O)c1ccc(C(CO)C(=O)NC2=CC=C(c3ccccc3)C(Cl)(OC(F)(F)F)C2)cc1. The van der Waals surface area contributed by atoms with E-state index in [0.717, 1.165) is 6.26 Å². The van der Waals surface area contributed by atoms with Crippen LogP contribution < -0.4 is 5.32 Å². The summed E-state index contributed by atoms with van der Waals surface area (Å²) < 4.78 is 67.0. The number of ether oxygens (including phenoxy) is 1. The Kier molecular flexibility index (Phi) is 7.56. The summed E-state index contributed by atoms with van der Waals surface area (Å²) in [5.41, 5.74) is 0.867. The first-order valence-electron chi connectivity index (χ1n) is 9.97. The van der Waals surface area contributed by atoms with Crippen molar-refractivity contribution >= 4 is 32.9 Å². The number of aliphatic hydroxyl groups is 1. The predicted molar refractivity (Wildman–Crippen MR) is 120 cm³/mol. The summed E-state index contributed by atoms with van der Waals surface area (Å²) in [7, 11) is -3.45. The molecule has 1 amide bonds. The second kappa shape index (κ2) is 9.91. The predicted octanol–water partition coefficient (Wildman–Crippen LogP) is 4.12. The molecule has 0 radical (unpaired) electrons. The van der Waals surface area contributed by atoms with Gasteiger partial charge in [-0.15, -0.1) is 13.2 Å². The van der Waals surface area contributed by atoms with Gasteiger partial charge in [0.05, 0.1) is 17.4 Å². The average Bonchev–Trinajstić information content (AvgIpc) is 2.73. The van der Waals surface area contributed by atoms with Gasteiger partial charge in [0.25, 0.3) is 0 Å². The second-order valence-electron chi connectivity index (χ2n) is 7.66. The third-order valence-electron chi connectivity index (χ3n) is 5.13. The van der Waals surface area contributed by atoms with Crippen molar-refractivity contribution < 1.29 is 36.2 Å². The fourth-order valence-corrected chi connectivity index (χ4v) is 4.56. The maximum atomic E-state index is 13.2. The fourth-order valence-electron chi connectivity index (χ4n) is 3.53. The number of aliphatic hydroxyl groups excluding tert-OH is 1. The van der Waals surface area contributed by atoms with Crippen LogP contribution in [0.15, 0.2) is 77.3 Å². The molecule has 0 aliphatic heterocycles. The molecule has 2 aromatic carbocycles. The van der Waals surface area contributed by atoms with E-state index in [1.165, 1.54) is 36.4 Å². The molecule has 3 rings (SSSR count). The van der Waals surface area contributed by atoms with Gasteiger partial charge < -0.3 is 10.4 Å². The minimum atomic E-state index is -5.04. The molecule has 0 bridgehead atoms. The molecule has 11 heteroatoms. The third kappa shape index (κ3) is 6.26. The topological polar surface area (TPSA) is 92.7 Å². The molecule has 182 valence electrons. The van der Waals surface area contributed by atoms with Crippen molar-refractivity contribution in [1.82, 2.24) is 5.32 Å². The summed E-state index contributed by atoms with van der Waals surface area (Å²) in [6.07, 6.45) is -1.76. The molecule has 0 saturated carbocycles. The quantitative estimate of drug-likeness (QED) is 0.541. The first-order valence-corrected chi connectivity index (χ1v) is 12.2. The Bertz CT molecular complexity index is 1210. The van der Waals surface area contributed by atoms with Crippen molar-refractivity contribution in [3.05, 3.63) is 83.6 Å². The Labute approximate surface area is 199 Å². The van der Waals surface area contributed by atoms with Gasteiger partial charge in [-0.1, -0.05) is 60.1 Å². The van der Waals surface area contributed by atoms with Gasteiger partial charge >= 0.3 is 6.36 Å². The number of allylic oxidation sites excluding steroid dienone is 2. The summed E-state index contributed by atoms with van der Waals surface area (Å²) >= 11 is 6.32. The third-order valence-corrected chi connectivity index (χ3v) is 6.67. The van der Waals surface area contributed by atoms with E-state index >= 15 is 0 Å². The Morgan fingerprint density at radius 3 is 2.29 bits per heavy atom. The maximum Gasteiger partial charge on any atom is 0.524 e. The second-order valence-corrected chi connectivity index (χ2v) is 10.3. The molecule has 0 fully saturated rings. The van der Waals surface area contributed by atoms with Crippen molar-refractivity contribution in [2.75, 3.05) is 12.9 Å². The number of sulfone groups is 1. The molecular weight excluding hydrogens is 495 g/mol. The minimum absolute atomic E-state index is 0.0399. The van der Waals surface area contributed by atoms with Crippen molar-refractivity contribution in [1.29, 1.82) is 0 Å². The zero-order chi connectivity index (χ0) is 25.1. The number of carbonyl (C=O) groups excluding carboxylic acids is 1. The fraction of sp³-hybridized carbons (Fsp3) is 0.261. The Morgan fingerprint density at radius 1 is 1.15 bits per heavy atom. The first-order chi connectivity index (χ1) is 15.8. The van der Waals surface area contributed by atoms with E-state index < -0.39 is 46.1 Å². The molecule has 0 spiro atoms. The van der Waals surface area contributed by atoms with Crippen LogP contribution in [0.1, 0.15) is 23.5 Å². The number of alkyl halides is 4. The van der Waals surface area contributed by atoms with Crippen LogP contribution in [-0.2, 0) is 19.4 Å². The summed E-state index contributed by atoms with van der Waals surface area (Å²) in [6.45, 7) is -0.618. The summed E-state index contributed by atoms with van der Waals surface area (Å²) in [6, 6.07) is 13.5. The number of hydrogen-bond acceptors (Lipinski definition) is 5. The van der Waals surface area contributed by atoms with Gasteiger partial charge in [0, 0.05) is 23.9 Å². The molecule has 2 unspecified atom stereocenters. The largest absolute Gasteiger partial charge is 0.524 e. The van der Waals surface area contributed by atoms with Crippen LogP contribution in [0.2, 0.25) is 0 Å². The number of benzene rings is 2. The van der Waals surface area contributed by atoms with E-state index in [9.17, 15) is 31.5 Å². The van der Waals surface area contributed by atoms with Crippen LogP contribution in [0.5, 0.6) is 0 Å². The average molecular weight is 516 g/mol. The highest BCUT2D eigenvalue weighted by atomic mass is 35.5. The van der Waals surface area contributed by atoms with Crippen LogP contribution in [0.25, 0.3) is 5.57 Å². The number of nitrogens with one attached hydrogen (secondary N) is 1. The summed E-state index contributed by atoms with van der Waals surface area (Å²) in [5.74, 6) is -1.80. The lowest BCUT2D eigenvalue weighted by Crippen LogP contribution is -2.40. The van der Waals surface area contributed by atoms with Crippen LogP contribution in [0, 0.1) is 0 Å². The number of carbonyl (C=O) groups is 1. The van der Waals surface area contributed by atoms with E-state index in [0.29, 0.717) is 11.1 Å². The summed E-state index contributed by atoms with van der Waals surface area (Å²) in [4.78, 5) is 12.9. The van der Waals surface area contributed by atoms with Gasteiger partial charge in [-0.3, -0.25) is 9.53 Å². The minimum Gasteiger partial charge on any atom is -0.395 e. The van der Waals surface area contributed by atoms with E-state index in [2.05, 4.69) is 10.1 Å². The van der Waals surface area contributed by atoms with Crippen molar-refractivity contribution in [3.63, 3.8) is 0 Å². The van der Waals surface area contributed by atoms with E-state index in [-0.39, 0.29) is 16.2 Å². The Hall–Kier alpha value is -2.66. The molecule has 6 nitrogen and oxygen atoms in total. The van der Waals surface area contributed by atoms with Gasteiger partial charge in [-0.05, 0) is 29.3 Å². The Morgan fingerprint density at radius 2 is 1.76 bits per heavy atom. The standard InChI is InChI=1S/C23H21ClF3NO5S/c1-34(31,32)18-10-7-15(8-11-18)19(14-29)21(30)28-17-9-12-20(16-5-3-2-4-6-16)22(24,13-17)33-23(25,26)27/h2-12,19,29H,13-14H2,1H3,(H,28,30). The van der Waals surface area contributed by atoms with Crippen LogP contribution in [0.3, 0.4) is 0 Å². The van der Waals surface area contributed by atoms with Crippen molar-refractivity contribution in [3.8, 4) is 0 Å². The lowest BCUT2D eigenvalue weighted by Gasteiger charge is -2.34. The zero-order valence-corrected chi connectivity index (χ0v) is 19.4. The lowest BCUT2D eigenvalue weighted by molar-refractivity contribution is -0.342. The van der Waals surface area contributed by atoms with E-state index in [4.69, 9.17) is 11.6 Å². The number of amides is 1. The van der Waals surface area contributed by atoms with Gasteiger partial charge in [0.2, 0.25) is 5.91 Å². The molecule has 1 aliphatic carbocycles. The molecule has 0 saturated heterocycles. The highest BCUT2D eigenvalue weighted by Crippen LogP contribution is 2.45. The molecule has 2 N–H and O–H groups in total. The highest BCUT2D eigenvalue weighted by molar-refractivity contribution is 7.90. The zero-order valence-electron chi connectivity index (χ0n) is 17.8. The van der Waals surface area contributed by atoms with Crippen molar-refractivity contribution in [2.45, 2.75) is 28.7 Å². The Balaban J connectivity index is 1.87. The molecular formula is C23H21ClF3NO5S. The van der Waals surface area contributed by atoms with Crippen LogP contribution in [0.4, 0.5) is 13.2 Å². The molecule has 2 aromatic rings. The van der Waals surface area contributed by atoms with Gasteiger partial charge in [0.15, 0.2) is 14.9 Å². The normalized spacial score (nSPS) is 19.7. The monoisotopic (exact) mass is 515 g/mol. The molecule has 1 aliphatic rings. The van der Waals surface area contributed by atoms with Crippen LogP contribution >= 0.6 is 11.6 Å². The number of rotatable bonds is 7. The molecule has 34 heavy (non-hydrogen) atoms. The van der Waals surface area contributed by atoms with E-state index in [1.807, 2.05) is 0 Å². The van der Waals surface area contributed by atoms with Crippen LogP contribution in [-0.4, -0.2) is 43.7 Å². The lowest BCUT2D eigenvalue weighted by atomic mass is 9.91. The number of halogens is 4. The van der Waals surface area contributed by atoms with Gasteiger partial charge in [-0.25, -0.2) is 8.42 Å². The van der Waals surface area contributed by atoms with Gasteiger partial charge in [0.1, 0.15) is 0 Å². The summed E-state index contributed by atoms with van der Waals surface area (Å²) in [5, 5.41) is 9.91. The maximum absolute atomic E-state index is 13.2. The first kappa shape index (κ1) is 26.0. The van der Waals surface area contributed by atoms with Gasteiger partial charge in [-0.2, -0.15) is 0 Å². The molecule has 2 atom stereocenters.